The second-order valence-corrected chi connectivity index (χ2v) is 6.76. The van der Waals surface area contributed by atoms with Crippen LogP contribution in [0.4, 0.5) is 11.4 Å². The molecule has 28 heavy (non-hydrogen) atoms. The fourth-order valence-electron chi connectivity index (χ4n) is 3.37. The zero-order chi connectivity index (χ0) is 19.7. The minimum absolute atomic E-state index is 0.119. The molecule has 1 N–H and O–H groups in total. The van der Waals surface area contributed by atoms with Crippen LogP contribution in [0.3, 0.4) is 0 Å². The highest BCUT2D eigenvalue weighted by Gasteiger charge is 2.38. The number of esters is 1. The number of amides is 1. The van der Waals surface area contributed by atoms with E-state index in [0.717, 1.165) is 5.56 Å². The monoisotopic (exact) mass is 392 g/mol. The number of anilines is 2. The van der Waals surface area contributed by atoms with Gasteiger partial charge >= 0.3 is 5.97 Å². The highest BCUT2D eigenvalue weighted by Crippen LogP contribution is 2.38. The number of nitrogens with zero attached hydrogens (tertiary/aromatic N) is 1. The summed E-state index contributed by atoms with van der Waals surface area (Å²) in [6.45, 7) is 0. The summed E-state index contributed by atoms with van der Waals surface area (Å²) in [6.07, 6.45) is -0.476. The van der Waals surface area contributed by atoms with Gasteiger partial charge in [-0.2, -0.15) is 0 Å². The molecule has 0 saturated heterocycles. The first-order chi connectivity index (χ1) is 13.6. The molecule has 1 amide bonds. The van der Waals surface area contributed by atoms with Crippen molar-refractivity contribution >= 4 is 34.9 Å². The average Bonchev–Trinajstić information content (AvgIpc) is 3.00. The van der Waals surface area contributed by atoms with E-state index >= 15 is 0 Å². The molecule has 0 aliphatic carbocycles. The van der Waals surface area contributed by atoms with E-state index in [1.807, 2.05) is 24.3 Å². The number of nitrogens with one attached hydrogen (secondary N) is 1. The van der Waals surface area contributed by atoms with Crippen LogP contribution in [0.15, 0.2) is 72.8 Å². The van der Waals surface area contributed by atoms with E-state index in [-0.39, 0.29) is 5.91 Å². The van der Waals surface area contributed by atoms with Crippen molar-refractivity contribution in [2.24, 2.45) is 0 Å². The lowest BCUT2D eigenvalue weighted by atomic mass is 10.1. The molecular weight excluding hydrogens is 376 g/mol. The van der Waals surface area contributed by atoms with Gasteiger partial charge in [-0.3, -0.25) is 9.69 Å². The third-order valence-corrected chi connectivity index (χ3v) is 4.94. The van der Waals surface area contributed by atoms with Crippen LogP contribution >= 0.6 is 11.6 Å². The number of hydrogen-bond donors (Lipinski definition) is 1. The number of para-hydroxylation sites is 1. The average molecular weight is 393 g/mol. The Morgan fingerprint density at radius 3 is 2.43 bits per heavy atom. The molecule has 6 heteroatoms. The van der Waals surface area contributed by atoms with Gasteiger partial charge in [0.25, 0.3) is 5.91 Å². The fraction of sp³-hybridized carbons (Fsp3) is 0.0909. The van der Waals surface area contributed by atoms with Crippen molar-refractivity contribution in [3.8, 4) is 0 Å². The molecule has 0 unspecified atom stereocenters. The van der Waals surface area contributed by atoms with Gasteiger partial charge in [0.2, 0.25) is 0 Å². The van der Waals surface area contributed by atoms with Gasteiger partial charge in [-0.15, -0.1) is 0 Å². The van der Waals surface area contributed by atoms with Gasteiger partial charge in [-0.25, -0.2) is 4.79 Å². The Hall–Kier alpha value is -3.31. The first kappa shape index (κ1) is 18.1. The first-order valence-electron chi connectivity index (χ1n) is 8.72. The summed E-state index contributed by atoms with van der Waals surface area (Å²) >= 11 is 6.01. The van der Waals surface area contributed by atoms with Crippen LogP contribution < -0.4 is 10.2 Å². The molecule has 1 heterocycles. The smallest absolute Gasteiger partial charge is 0.339 e. The normalized spacial score (nSPS) is 15.3. The maximum absolute atomic E-state index is 13.1. The van der Waals surface area contributed by atoms with E-state index in [4.69, 9.17) is 16.3 Å². The van der Waals surface area contributed by atoms with E-state index in [2.05, 4.69) is 5.32 Å². The number of ether oxygens (including phenoxy) is 1. The SMILES string of the molecule is COC(=O)c1ccccc1N[C@H]1c2ccccc2C(=O)N1c1ccc(Cl)cc1. The van der Waals surface area contributed by atoms with Crippen LogP contribution in [0.25, 0.3) is 0 Å². The topological polar surface area (TPSA) is 58.6 Å². The number of carbonyl (C=O) groups excluding carboxylic acids is 2. The predicted molar refractivity (Wildman–Crippen MR) is 109 cm³/mol. The van der Waals surface area contributed by atoms with Crippen molar-refractivity contribution in [1.82, 2.24) is 0 Å². The van der Waals surface area contributed by atoms with E-state index in [1.165, 1.54) is 7.11 Å². The third-order valence-electron chi connectivity index (χ3n) is 4.69. The molecule has 0 radical (unpaired) electrons. The van der Waals surface area contributed by atoms with E-state index in [1.54, 1.807) is 53.4 Å². The Balaban J connectivity index is 1.79. The molecule has 4 rings (SSSR count). The highest BCUT2D eigenvalue weighted by atomic mass is 35.5. The van der Waals surface area contributed by atoms with Crippen molar-refractivity contribution in [2.75, 3.05) is 17.3 Å². The molecule has 3 aromatic carbocycles. The number of carbonyl (C=O) groups is 2. The summed E-state index contributed by atoms with van der Waals surface area (Å²) in [7, 11) is 1.34. The Bertz CT molecular complexity index is 1050. The molecule has 1 atom stereocenters. The third kappa shape index (κ3) is 3.10. The maximum atomic E-state index is 13.1. The number of methoxy groups -OCH3 is 1. The standard InChI is InChI=1S/C22H17ClN2O3/c1-28-22(27)18-8-4-5-9-19(18)24-20-16-6-2-3-7-17(16)21(26)25(20)15-12-10-14(23)11-13-15/h2-13,20,24H,1H3/t20-/m1/s1. The lowest BCUT2D eigenvalue weighted by Gasteiger charge is -2.28. The molecule has 0 bridgehead atoms. The van der Waals surface area contributed by atoms with Crippen LogP contribution in [-0.2, 0) is 4.74 Å². The molecule has 5 nitrogen and oxygen atoms in total. The molecule has 0 saturated carbocycles. The molecular formula is C22H17ClN2O3. The summed E-state index contributed by atoms with van der Waals surface area (Å²) in [5, 5.41) is 3.94. The van der Waals surface area contributed by atoms with Gasteiger partial charge in [-0.1, -0.05) is 41.9 Å². The van der Waals surface area contributed by atoms with Gasteiger partial charge in [0.1, 0.15) is 6.17 Å². The highest BCUT2D eigenvalue weighted by molar-refractivity contribution is 6.30. The number of halogens is 1. The van der Waals surface area contributed by atoms with Gasteiger partial charge in [0.15, 0.2) is 0 Å². The Kier molecular flexibility index (Phi) is 4.75. The number of rotatable bonds is 4. The second kappa shape index (κ2) is 7.37. The molecule has 140 valence electrons. The molecule has 1 aliphatic rings. The van der Waals surface area contributed by atoms with Crippen molar-refractivity contribution < 1.29 is 14.3 Å². The molecule has 0 fully saturated rings. The fourth-order valence-corrected chi connectivity index (χ4v) is 3.50. The summed E-state index contributed by atoms with van der Waals surface area (Å²) in [6, 6.07) is 21.6. The van der Waals surface area contributed by atoms with E-state index in [9.17, 15) is 9.59 Å². The summed E-state index contributed by atoms with van der Waals surface area (Å²) in [4.78, 5) is 26.9. The number of fused-ring (bicyclic) bond motifs is 1. The first-order valence-corrected chi connectivity index (χ1v) is 9.10. The molecule has 3 aromatic rings. The Labute approximate surface area is 167 Å². The zero-order valence-electron chi connectivity index (χ0n) is 15.1. The van der Waals surface area contributed by atoms with Crippen LogP contribution in [-0.4, -0.2) is 19.0 Å². The van der Waals surface area contributed by atoms with Crippen LogP contribution in [0.1, 0.15) is 32.4 Å². The van der Waals surface area contributed by atoms with Crippen molar-refractivity contribution in [1.29, 1.82) is 0 Å². The molecule has 0 spiro atoms. The number of benzene rings is 3. The second-order valence-electron chi connectivity index (χ2n) is 6.32. The van der Waals surface area contributed by atoms with Gasteiger partial charge in [0, 0.05) is 21.8 Å². The van der Waals surface area contributed by atoms with Gasteiger partial charge in [-0.05, 0) is 42.5 Å². The molecule has 0 aromatic heterocycles. The zero-order valence-corrected chi connectivity index (χ0v) is 15.8. The van der Waals surface area contributed by atoms with Crippen molar-refractivity contribution in [3.05, 3.63) is 94.5 Å². The molecule has 1 aliphatic heterocycles. The largest absolute Gasteiger partial charge is 0.465 e. The Morgan fingerprint density at radius 2 is 1.68 bits per heavy atom. The lowest BCUT2D eigenvalue weighted by molar-refractivity contribution is 0.0601. The van der Waals surface area contributed by atoms with Crippen LogP contribution in [0.2, 0.25) is 5.02 Å². The maximum Gasteiger partial charge on any atom is 0.339 e. The summed E-state index contributed by atoms with van der Waals surface area (Å²) in [5.74, 6) is -0.565. The summed E-state index contributed by atoms with van der Waals surface area (Å²) < 4.78 is 4.88. The summed E-state index contributed by atoms with van der Waals surface area (Å²) in [5.41, 5.74) is 3.15. The van der Waals surface area contributed by atoms with Crippen molar-refractivity contribution in [3.63, 3.8) is 0 Å². The minimum Gasteiger partial charge on any atom is -0.465 e. The van der Waals surface area contributed by atoms with Crippen molar-refractivity contribution in [2.45, 2.75) is 6.17 Å². The van der Waals surface area contributed by atoms with E-state index in [0.29, 0.717) is 27.5 Å². The lowest BCUT2D eigenvalue weighted by Crippen LogP contribution is -2.32. The van der Waals surface area contributed by atoms with Gasteiger partial charge in [0.05, 0.1) is 18.4 Å². The van der Waals surface area contributed by atoms with Gasteiger partial charge < -0.3 is 10.1 Å². The van der Waals surface area contributed by atoms with E-state index < -0.39 is 12.1 Å². The predicted octanol–water partition coefficient (Wildman–Crippen LogP) is 4.90. The number of hydrogen-bond acceptors (Lipinski definition) is 4. The van der Waals surface area contributed by atoms with Crippen LogP contribution in [0, 0.1) is 0 Å². The minimum atomic E-state index is -0.476. The van der Waals surface area contributed by atoms with Crippen LogP contribution in [0.5, 0.6) is 0 Å². The Morgan fingerprint density at radius 1 is 1.00 bits per heavy atom. The quantitative estimate of drug-likeness (QED) is 0.642.